The highest BCUT2D eigenvalue weighted by atomic mass is 32.2. The zero-order chi connectivity index (χ0) is 16.5. The van der Waals surface area contributed by atoms with Gasteiger partial charge in [0, 0.05) is 19.7 Å². The van der Waals surface area contributed by atoms with E-state index in [-0.39, 0.29) is 6.42 Å². The minimum Gasteiger partial charge on any atom is -0.358 e. The number of hydrogen-bond donors (Lipinski definition) is 1. The van der Waals surface area contributed by atoms with Gasteiger partial charge in [-0.25, -0.2) is 13.4 Å². The van der Waals surface area contributed by atoms with E-state index in [1.807, 2.05) is 19.1 Å². The lowest BCUT2D eigenvalue weighted by Crippen LogP contribution is -2.49. The fraction of sp³-hybridized carbons (Fsp3) is 0.467. The molecule has 120 valence electrons. The second-order valence-electron chi connectivity index (χ2n) is 5.66. The number of fused-ring (bicyclic) bond motifs is 1. The van der Waals surface area contributed by atoms with Gasteiger partial charge in [0.25, 0.3) is 0 Å². The molecule has 0 aliphatic rings. The number of nitrogens with one attached hydrogen (secondary N) is 1. The normalized spacial score (nSPS) is 14.7. The Morgan fingerprint density at radius 3 is 2.68 bits per heavy atom. The number of sulfone groups is 1. The van der Waals surface area contributed by atoms with E-state index in [0.29, 0.717) is 6.42 Å². The van der Waals surface area contributed by atoms with E-state index in [1.54, 1.807) is 11.3 Å². The number of carbonyl (C=O) groups is 1. The smallest absolute Gasteiger partial charge is 0.240 e. The Morgan fingerprint density at radius 1 is 1.41 bits per heavy atom. The van der Waals surface area contributed by atoms with Gasteiger partial charge in [-0.3, -0.25) is 4.79 Å². The van der Waals surface area contributed by atoms with Crippen molar-refractivity contribution in [1.29, 1.82) is 0 Å². The van der Waals surface area contributed by atoms with Crippen molar-refractivity contribution in [2.24, 2.45) is 0 Å². The summed E-state index contributed by atoms with van der Waals surface area (Å²) in [6.07, 6.45) is 1.77. The van der Waals surface area contributed by atoms with Crippen molar-refractivity contribution in [2.75, 3.05) is 13.3 Å². The number of hydrogen-bond acceptors (Lipinski definition) is 5. The lowest BCUT2D eigenvalue weighted by Gasteiger charge is -2.25. The third-order valence-electron chi connectivity index (χ3n) is 3.93. The summed E-state index contributed by atoms with van der Waals surface area (Å²) in [5.41, 5.74) is 2.07. The Bertz CT molecular complexity index is 811. The van der Waals surface area contributed by atoms with Crippen molar-refractivity contribution in [3.05, 3.63) is 28.8 Å². The van der Waals surface area contributed by atoms with Gasteiger partial charge in [-0.05, 0) is 38.0 Å². The summed E-state index contributed by atoms with van der Waals surface area (Å²) in [5.74, 6) is -0.480. The summed E-state index contributed by atoms with van der Waals surface area (Å²) >= 11 is 1.54. The molecule has 22 heavy (non-hydrogen) atoms. The van der Waals surface area contributed by atoms with Crippen LogP contribution in [-0.2, 0) is 21.1 Å². The van der Waals surface area contributed by atoms with Crippen LogP contribution in [0.5, 0.6) is 0 Å². The van der Waals surface area contributed by atoms with Gasteiger partial charge in [0.1, 0.15) is 4.75 Å². The van der Waals surface area contributed by atoms with Gasteiger partial charge in [0.2, 0.25) is 5.91 Å². The number of benzene rings is 1. The zero-order valence-corrected chi connectivity index (χ0v) is 14.8. The van der Waals surface area contributed by atoms with Crippen LogP contribution in [0.2, 0.25) is 0 Å². The number of amides is 1. The molecule has 0 bridgehead atoms. The van der Waals surface area contributed by atoms with Crippen molar-refractivity contribution in [3.63, 3.8) is 0 Å². The average molecular weight is 340 g/mol. The maximum absolute atomic E-state index is 12.0. The molecule has 0 unspecified atom stereocenters. The summed E-state index contributed by atoms with van der Waals surface area (Å²) < 4.78 is 23.7. The van der Waals surface area contributed by atoms with Crippen LogP contribution < -0.4 is 5.32 Å². The lowest BCUT2D eigenvalue weighted by atomic mass is 10.0. The fourth-order valence-electron chi connectivity index (χ4n) is 2.26. The molecule has 0 saturated carbocycles. The van der Waals surface area contributed by atoms with Crippen LogP contribution >= 0.6 is 11.3 Å². The molecule has 0 aliphatic carbocycles. The minimum absolute atomic E-state index is 0.213. The van der Waals surface area contributed by atoms with Crippen LogP contribution in [0.3, 0.4) is 0 Å². The van der Waals surface area contributed by atoms with Crippen molar-refractivity contribution < 1.29 is 13.2 Å². The second-order valence-corrected chi connectivity index (χ2v) is 9.22. The standard InChI is InChI=1S/C15H20N2O3S2/c1-10-5-6-11-12(9-10)21-13(17-11)7-8-15(2,14(18)16-3)22(4,19)20/h5-6,9H,7-8H2,1-4H3,(H,16,18)/t15-/m1/s1. The van der Waals surface area contributed by atoms with Crippen LogP contribution in [0.1, 0.15) is 23.9 Å². The molecule has 0 fully saturated rings. The number of carbonyl (C=O) groups excluding carboxylic acids is 1. The molecule has 2 rings (SSSR count). The van der Waals surface area contributed by atoms with E-state index < -0.39 is 20.5 Å². The van der Waals surface area contributed by atoms with Gasteiger partial charge in [0.05, 0.1) is 15.2 Å². The van der Waals surface area contributed by atoms with Crippen LogP contribution in [0.15, 0.2) is 18.2 Å². The van der Waals surface area contributed by atoms with Crippen LogP contribution in [0.4, 0.5) is 0 Å². The molecule has 1 aromatic carbocycles. The van der Waals surface area contributed by atoms with E-state index in [1.165, 1.54) is 14.0 Å². The quantitative estimate of drug-likeness (QED) is 0.904. The molecule has 1 atom stereocenters. The predicted molar refractivity (Wildman–Crippen MR) is 90.0 cm³/mol. The van der Waals surface area contributed by atoms with Crippen molar-refractivity contribution >= 4 is 37.3 Å². The Kier molecular flexibility index (Phi) is 4.58. The van der Waals surface area contributed by atoms with E-state index in [2.05, 4.69) is 16.4 Å². The first kappa shape index (κ1) is 16.9. The predicted octanol–water partition coefficient (Wildman–Crippen LogP) is 2.09. The van der Waals surface area contributed by atoms with Crippen molar-refractivity contribution in [1.82, 2.24) is 10.3 Å². The summed E-state index contributed by atoms with van der Waals surface area (Å²) in [4.78, 5) is 16.5. The van der Waals surface area contributed by atoms with E-state index >= 15 is 0 Å². The van der Waals surface area contributed by atoms with E-state index in [4.69, 9.17) is 0 Å². The summed E-state index contributed by atoms with van der Waals surface area (Å²) in [6, 6.07) is 6.02. The Balaban J connectivity index is 2.26. The lowest BCUT2D eigenvalue weighted by molar-refractivity contribution is -0.122. The molecule has 5 nitrogen and oxygen atoms in total. The fourth-order valence-corrected chi connectivity index (χ4v) is 4.24. The molecule has 0 radical (unpaired) electrons. The highest BCUT2D eigenvalue weighted by Crippen LogP contribution is 2.28. The minimum atomic E-state index is -3.52. The number of rotatable bonds is 5. The number of aryl methyl sites for hydroxylation is 2. The topological polar surface area (TPSA) is 76.1 Å². The summed E-state index contributed by atoms with van der Waals surface area (Å²) in [5, 5.41) is 3.29. The molecule has 0 spiro atoms. The van der Waals surface area contributed by atoms with Gasteiger partial charge < -0.3 is 5.32 Å². The second kappa shape index (κ2) is 5.96. The van der Waals surface area contributed by atoms with Gasteiger partial charge in [-0.15, -0.1) is 11.3 Å². The Morgan fingerprint density at radius 2 is 2.09 bits per heavy atom. The molecular formula is C15H20N2O3S2. The van der Waals surface area contributed by atoms with Gasteiger partial charge in [-0.2, -0.15) is 0 Å². The van der Waals surface area contributed by atoms with E-state index in [9.17, 15) is 13.2 Å². The average Bonchev–Trinajstić information content (AvgIpc) is 2.84. The van der Waals surface area contributed by atoms with Crippen LogP contribution in [0, 0.1) is 6.92 Å². The first-order chi connectivity index (χ1) is 10.2. The van der Waals surface area contributed by atoms with Crippen molar-refractivity contribution in [2.45, 2.75) is 31.4 Å². The number of aromatic nitrogens is 1. The number of nitrogens with zero attached hydrogens (tertiary/aromatic N) is 1. The summed E-state index contributed by atoms with van der Waals surface area (Å²) in [7, 11) is -2.07. The highest BCUT2D eigenvalue weighted by molar-refractivity contribution is 7.92. The SMILES string of the molecule is CNC(=O)[C@@](C)(CCc1nc2ccc(C)cc2s1)S(C)(=O)=O. The molecule has 1 amide bonds. The maximum atomic E-state index is 12.0. The third-order valence-corrected chi connectivity index (χ3v) is 7.03. The monoisotopic (exact) mass is 340 g/mol. The molecule has 0 aliphatic heterocycles. The molecule has 1 aromatic heterocycles. The first-order valence-corrected chi connectivity index (χ1v) is 9.66. The molecule has 1 heterocycles. The highest BCUT2D eigenvalue weighted by Gasteiger charge is 2.42. The number of thiazole rings is 1. The molecule has 2 aromatic rings. The van der Waals surface area contributed by atoms with Crippen LogP contribution in [0.25, 0.3) is 10.2 Å². The third kappa shape index (κ3) is 3.15. The van der Waals surface area contributed by atoms with E-state index in [0.717, 1.165) is 27.0 Å². The zero-order valence-electron chi connectivity index (χ0n) is 13.1. The summed E-state index contributed by atoms with van der Waals surface area (Å²) in [6.45, 7) is 3.49. The van der Waals surface area contributed by atoms with Crippen molar-refractivity contribution in [3.8, 4) is 0 Å². The van der Waals surface area contributed by atoms with Crippen LogP contribution in [-0.4, -0.2) is 37.4 Å². The molecular weight excluding hydrogens is 320 g/mol. The Hall–Kier alpha value is -1.47. The van der Waals surface area contributed by atoms with Gasteiger partial charge >= 0.3 is 0 Å². The molecule has 7 heteroatoms. The molecule has 0 saturated heterocycles. The first-order valence-electron chi connectivity index (χ1n) is 6.95. The van der Waals surface area contributed by atoms with Gasteiger partial charge in [-0.1, -0.05) is 6.07 Å². The largest absolute Gasteiger partial charge is 0.358 e. The molecule has 1 N–H and O–H groups in total. The van der Waals surface area contributed by atoms with Gasteiger partial charge in [0.15, 0.2) is 9.84 Å². The Labute approximate surface area is 134 Å². The maximum Gasteiger partial charge on any atom is 0.240 e.